The van der Waals surface area contributed by atoms with E-state index < -0.39 is 7.92 Å². The molecule has 0 unspecified atom stereocenters. The van der Waals surface area contributed by atoms with E-state index in [9.17, 15) is 0 Å². The second-order valence-electron chi connectivity index (χ2n) is 7.00. The Bertz CT molecular complexity index is 427. The quantitative estimate of drug-likeness (QED) is 0.714. The first-order chi connectivity index (χ1) is 8.44. The number of anilines is 1. The Balaban J connectivity index is 3.33. The summed E-state index contributed by atoms with van der Waals surface area (Å²) in [5, 5.41) is 1.65. The smallest absolute Gasteiger partial charge is 0.0630 e. The molecule has 0 aliphatic heterocycles. The molecular formula is C16H28NP. The number of benzene rings is 1. The largest absolute Gasteiger partial charge is 0.378 e. The second kappa shape index (κ2) is 5.21. The van der Waals surface area contributed by atoms with Gasteiger partial charge in [0.2, 0.25) is 0 Å². The van der Waals surface area contributed by atoms with Crippen LogP contribution in [0.4, 0.5) is 5.69 Å². The molecule has 0 fully saturated rings. The molecule has 18 heavy (non-hydrogen) atoms. The van der Waals surface area contributed by atoms with Crippen molar-refractivity contribution in [2.45, 2.75) is 51.9 Å². The Morgan fingerprint density at radius 2 is 1.44 bits per heavy atom. The van der Waals surface area contributed by atoms with Gasteiger partial charge in [0.1, 0.15) is 0 Å². The van der Waals surface area contributed by atoms with Crippen LogP contribution in [0.3, 0.4) is 0 Å². The van der Waals surface area contributed by atoms with Gasteiger partial charge in [-0.1, -0.05) is 61.6 Å². The van der Waals surface area contributed by atoms with Crippen molar-refractivity contribution in [1.82, 2.24) is 0 Å². The first kappa shape index (κ1) is 13.9. The molecule has 0 heterocycles. The normalized spacial score (nSPS) is 13.7. The molecule has 0 spiro atoms. The molecule has 0 amide bonds. The monoisotopic (exact) mass is 266 g/mol. The lowest BCUT2D eigenvalue weighted by atomic mass is 10.2. The van der Waals surface area contributed by atoms with Crippen molar-refractivity contribution in [3.05, 3.63) is 24.2 Å². The molecule has 102 valence electrons. The molecule has 0 atom stereocenters. The molecular weight excluding hydrogens is 237 g/mol. The van der Waals surface area contributed by atoms with Gasteiger partial charge in [0.15, 0.2) is 0 Å². The average Bonchev–Trinajstić information content (AvgIpc) is 2.16. The zero-order chi connectivity index (χ0) is 15.0. The number of hydrogen-bond donors (Lipinski definition) is 0. The number of rotatable bonds is 2. The summed E-state index contributed by atoms with van der Waals surface area (Å²) in [4.78, 5) is 2.05. The lowest BCUT2D eigenvalue weighted by Crippen LogP contribution is -2.31. The van der Waals surface area contributed by atoms with Gasteiger partial charge >= 0.3 is 0 Å². The van der Waals surface area contributed by atoms with Crippen LogP contribution < -0.4 is 10.2 Å². The predicted molar refractivity (Wildman–Crippen MR) is 86.8 cm³/mol. The summed E-state index contributed by atoms with van der Waals surface area (Å²) < 4.78 is 8.38. The van der Waals surface area contributed by atoms with Gasteiger partial charge in [-0.05, 0) is 27.7 Å². The maximum absolute atomic E-state index is 8.38. The predicted octanol–water partition coefficient (Wildman–Crippen LogP) is 4.46. The van der Waals surface area contributed by atoms with Crippen LogP contribution in [0.1, 0.15) is 42.9 Å². The molecule has 1 aromatic rings. The molecule has 0 aromatic heterocycles. The van der Waals surface area contributed by atoms with E-state index in [4.69, 9.17) is 1.37 Å². The molecule has 0 saturated carbocycles. The van der Waals surface area contributed by atoms with Crippen molar-refractivity contribution in [3.8, 4) is 0 Å². The van der Waals surface area contributed by atoms with Crippen molar-refractivity contribution in [3.63, 3.8) is 0 Å². The summed E-state index contributed by atoms with van der Waals surface area (Å²) in [6, 6.07) is 6.98. The van der Waals surface area contributed by atoms with E-state index in [-0.39, 0.29) is 10.3 Å². The van der Waals surface area contributed by atoms with E-state index in [1.807, 2.05) is 20.2 Å². The Labute approximate surface area is 116 Å². The van der Waals surface area contributed by atoms with E-state index in [1.54, 1.807) is 0 Å². The maximum Gasteiger partial charge on any atom is 0.0630 e. The lowest BCUT2D eigenvalue weighted by molar-refractivity contribution is 0.715. The number of nitrogens with zero attached hydrogens (tertiary/aromatic N) is 1. The summed E-state index contributed by atoms with van der Waals surface area (Å²) in [7, 11) is 3.64. The van der Waals surface area contributed by atoms with Crippen LogP contribution in [0, 0.1) is 0 Å². The highest BCUT2D eigenvalue weighted by Gasteiger charge is 2.35. The molecule has 0 bridgehead atoms. The van der Waals surface area contributed by atoms with E-state index in [1.165, 1.54) is 5.30 Å². The molecule has 0 saturated heterocycles. The van der Waals surface area contributed by atoms with Crippen LogP contribution in [-0.2, 0) is 0 Å². The summed E-state index contributed by atoms with van der Waals surface area (Å²) >= 11 is 0. The van der Waals surface area contributed by atoms with Gasteiger partial charge in [0.25, 0.3) is 0 Å². The van der Waals surface area contributed by atoms with Gasteiger partial charge in [-0.2, -0.15) is 0 Å². The van der Waals surface area contributed by atoms with E-state index in [0.717, 1.165) is 5.69 Å². The summed E-state index contributed by atoms with van der Waals surface area (Å²) in [5.74, 6) is 0. The van der Waals surface area contributed by atoms with Crippen molar-refractivity contribution in [2.75, 3.05) is 19.0 Å². The van der Waals surface area contributed by atoms with Crippen molar-refractivity contribution in [2.24, 2.45) is 0 Å². The standard InChI is InChI=1S/C16H28NP/c1-15(2,3)18(16(4,5)6)14-11-9-13(10-12-14)17(7)8/h9-12H,1-8H3/i11D. The third-order valence-corrected chi connectivity index (χ3v) is 6.32. The van der Waals surface area contributed by atoms with E-state index in [2.05, 4.69) is 58.6 Å². The lowest BCUT2D eigenvalue weighted by Gasteiger charge is -2.41. The Kier molecular flexibility index (Phi) is 4.02. The molecule has 0 aliphatic carbocycles. The SMILES string of the molecule is [2H]c1cc(N(C)C)ccc1P(C(C)(C)C)C(C)(C)C. The van der Waals surface area contributed by atoms with Gasteiger partial charge in [-0.15, -0.1) is 0 Å². The van der Waals surface area contributed by atoms with Crippen LogP contribution in [0.5, 0.6) is 0 Å². The highest BCUT2D eigenvalue weighted by atomic mass is 31.1. The summed E-state index contributed by atoms with van der Waals surface area (Å²) in [6.07, 6.45) is 0. The third-order valence-electron chi connectivity index (χ3n) is 2.88. The molecule has 0 radical (unpaired) electrons. The first-order valence-electron chi connectivity index (χ1n) is 7.03. The minimum Gasteiger partial charge on any atom is -0.378 e. The Morgan fingerprint density at radius 3 is 1.78 bits per heavy atom. The highest BCUT2D eigenvalue weighted by Crippen LogP contribution is 2.58. The van der Waals surface area contributed by atoms with Crippen LogP contribution in [0.15, 0.2) is 24.2 Å². The number of hydrogen-bond acceptors (Lipinski definition) is 1. The molecule has 0 aliphatic rings. The van der Waals surface area contributed by atoms with Crippen molar-refractivity contribution < 1.29 is 1.37 Å². The van der Waals surface area contributed by atoms with Gasteiger partial charge in [-0.25, -0.2) is 0 Å². The minimum atomic E-state index is -0.396. The second-order valence-corrected chi connectivity index (χ2v) is 10.8. The molecule has 1 nitrogen and oxygen atoms in total. The van der Waals surface area contributed by atoms with Crippen LogP contribution >= 0.6 is 7.92 Å². The fraction of sp³-hybridized carbons (Fsp3) is 0.625. The molecule has 1 aromatic carbocycles. The zero-order valence-corrected chi connectivity index (χ0v) is 14.0. The molecule has 0 N–H and O–H groups in total. The molecule has 2 heteroatoms. The molecule has 1 rings (SSSR count). The minimum absolute atomic E-state index is 0.211. The van der Waals surface area contributed by atoms with Crippen molar-refractivity contribution in [1.29, 1.82) is 0 Å². The van der Waals surface area contributed by atoms with Crippen molar-refractivity contribution >= 4 is 18.9 Å². The third kappa shape index (κ3) is 3.72. The maximum atomic E-state index is 8.38. The topological polar surface area (TPSA) is 3.24 Å². The van der Waals surface area contributed by atoms with Crippen LogP contribution in [0.2, 0.25) is 0 Å². The first-order valence-corrected chi connectivity index (χ1v) is 7.87. The van der Waals surface area contributed by atoms with E-state index in [0.29, 0.717) is 6.04 Å². The fourth-order valence-corrected chi connectivity index (χ4v) is 6.43. The fourth-order valence-electron chi connectivity index (χ4n) is 2.55. The van der Waals surface area contributed by atoms with Gasteiger partial charge in [0.05, 0.1) is 1.37 Å². The summed E-state index contributed by atoms with van der Waals surface area (Å²) in [5.41, 5.74) is 1.10. The van der Waals surface area contributed by atoms with E-state index >= 15 is 0 Å². The Morgan fingerprint density at radius 1 is 0.944 bits per heavy atom. The van der Waals surface area contributed by atoms with Crippen LogP contribution in [0.25, 0.3) is 0 Å². The zero-order valence-electron chi connectivity index (χ0n) is 14.1. The summed E-state index contributed by atoms with van der Waals surface area (Å²) in [6.45, 7) is 13.8. The van der Waals surface area contributed by atoms with Gasteiger partial charge < -0.3 is 4.90 Å². The van der Waals surface area contributed by atoms with Gasteiger partial charge in [0, 0.05) is 19.8 Å². The average molecular weight is 266 g/mol. The highest BCUT2D eigenvalue weighted by molar-refractivity contribution is 7.68. The Hall–Kier alpha value is -0.550. The van der Waals surface area contributed by atoms with Gasteiger partial charge in [-0.3, -0.25) is 0 Å². The van der Waals surface area contributed by atoms with Crippen LogP contribution in [-0.4, -0.2) is 24.4 Å².